The molecule has 0 amide bonds. The first-order valence-corrected chi connectivity index (χ1v) is 6.42. The van der Waals surface area contributed by atoms with Gasteiger partial charge in [-0.05, 0) is 18.8 Å². The second kappa shape index (κ2) is 4.52. The molecule has 0 aliphatic heterocycles. The molecule has 0 aromatic heterocycles. The molecule has 3 nitrogen and oxygen atoms in total. The Morgan fingerprint density at radius 2 is 1.85 bits per heavy atom. The molecule has 1 rings (SSSR count). The van der Waals surface area contributed by atoms with Crippen molar-refractivity contribution < 1.29 is 9.59 Å². The smallest absolute Gasteiger partial charge is 0.368 e. The van der Waals surface area contributed by atoms with E-state index in [2.05, 4.69) is 5.32 Å². The van der Waals surface area contributed by atoms with Crippen molar-refractivity contribution in [1.29, 1.82) is 0 Å². The highest BCUT2D eigenvalue weighted by atomic mass is 28.4. The molecule has 0 heterocycles. The Hall–Kier alpha value is -0.683. The van der Waals surface area contributed by atoms with Gasteiger partial charge in [-0.25, -0.2) is 0 Å². The van der Waals surface area contributed by atoms with Crippen molar-refractivity contribution in [2.75, 3.05) is 13.6 Å². The molecule has 3 N–H and O–H groups in total. The molecule has 0 saturated carbocycles. The highest BCUT2D eigenvalue weighted by Crippen LogP contribution is 2.01. The standard InChI is InChI=1S/C9H15NO2Si/c1-10-7-8-13(11,12)9-5-3-2-4-6-9/h2-6,10-12H,7-8H2,1H3. The van der Waals surface area contributed by atoms with Crippen LogP contribution in [0.4, 0.5) is 0 Å². The molecule has 0 bridgehead atoms. The first-order valence-electron chi connectivity index (χ1n) is 4.32. The van der Waals surface area contributed by atoms with E-state index in [9.17, 15) is 9.59 Å². The Bertz CT molecular complexity index is 251. The van der Waals surface area contributed by atoms with Crippen molar-refractivity contribution >= 4 is 13.7 Å². The molecular formula is C9H15NO2Si. The van der Waals surface area contributed by atoms with Gasteiger partial charge in [-0.2, -0.15) is 0 Å². The van der Waals surface area contributed by atoms with E-state index < -0.39 is 8.56 Å². The molecule has 0 radical (unpaired) electrons. The first kappa shape index (κ1) is 10.4. The number of hydrogen-bond donors (Lipinski definition) is 3. The average molecular weight is 197 g/mol. The SMILES string of the molecule is CNCC[Si](O)(O)c1ccccc1. The number of nitrogens with one attached hydrogen (secondary N) is 1. The van der Waals surface area contributed by atoms with E-state index in [1.54, 1.807) is 19.2 Å². The van der Waals surface area contributed by atoms with Crippen molar-refractivity contribution in [1.82, 2.24) is 5.32 Å². The lowest BCUT2D eigenvalue weighted by Gasteiger charge is -2.17. The van der Waals surface area contributed by atoms with E-state index in [1.807, 2.05) is 18.2 Å². The minimum absolute atomic E-state index is 0.424. The number of benzene rings is 1. The van der Waals surface area contributed by atoms with Crippen LogP contribution in [0.25, 0.3) is 0 Å². The molecule has 0 saturated heterocycles. The van der Waals surface area contributed by atoms with E-state index in [0.717, 1.165) is 0 Å². The highest BCUT2D eigenvalue weighted by molar-refractivity contribution is 6.78. The van der Waals surface area contributed by atoms with Crippen LogP contribution in [0.5, 0.6) is 0 Å². The van der Waals surface area contributed by atoms with Gasteiger partial charge in [0.1, 0.15) is 0 Å². The summed E-state index contributed by atoms with van der Waals surface area (Å²) in [6.45, 7) is 0.633. The van der Waals surface area contributed by atoms with Crippen molar-refractivity contribution in [3.8, 4) is 0 Å². The lowest BCUT2D eigenvalue weighted by Crippen LogP contribution is -2.49. The average Bonchev–Trinajstić information content (AvgIpc) is 2.16. The van der Waals surface area contributed by atoms with E-state index in [4.69, 9.17) is 0 Å². The fraction of sp³-hybridized carbons (Fsp3) is 0.333. The van der Waals surface area contributed by atoms with Crippen LogP contribution in [-0.2, 0) is 0 Å². The van der Waals surface area contributed by atoms with Gasteiger partial charge in [-0.3, -0.25) is 0 Å². The Morgan fingerprint density at radius 1 is 1.23 bits per heavy atom. The van der Waals surface area contributed by atoms with Gasteiger partial charge in [0.2, 0.25) is 0 Å². The fourth-order valence-electron chi connectivity index (χ4n) is 1.15. The monoisotopic (exact) mass is 197 g/mol. The van der Waals surface area contributed by atoms with Gasteiger partial charge in [0.25, 0.3) is 0 Å². The Labute approximate surface area is 79.3 Å². The zero-order valence-electron chi connectivity index (χ0n) is 7.70. The third-order valence-electron chi connectivity index (χ3n) is 1.96. The largest absolute Gasteiger partial charge is 0.407 e. The summed E-state index contributed by atoms with van der Waals surface area (Å²) < 4.78 is 0. The van der Waals surface area contributed by atoms with Gasteiger partial charge in [-0.15, -0.1) is 0 Å². The molecule has 1 aromatic rings. The van der Waals surface area contributed by atoms with Gasteiger partial charge in [0.15, 0.2) is 0 Å². The third kappa shape index (κ3) is 2.93. The van der Waals surface area contributed by atoms with Crippen LogP contribution in [0.1, 0.15) is 0 Å². The lowest BCUT2D eigenvalue weighted by atomic mass is 10.4. The minimum Gasteiger partial charge on any atom is -0.407 e. The molecule has 0 unspecified atom stereocenters. The van der Waals surface area contributed by atoms with Crippen molar-refractivity contribution in [2.24, 2.45) is 0 Å². The quantitative estimate of drug-likeness (QED) is 0.573. The van der Waals surface area contributed by atoms with E-state index >= 15 is 0 Å². The van der Waals surface area contributed by atoms with Gasteiger partial charge in [0.05, 0.1) is 0 Å². The molecule has 72 valence electrons. The summed E-state index contributed by atoms with van der Waals surface area (Å²) in [5, 5.41) is 3.58. The van der Waals surface area contributed by atoms with Crippen LogP contribution in [0, 0.1) is 0 Å². The Balaban J connectivity index is 2.69. The molecule has 4 heteroatoms. The number of rotatable bonds is 4. The minimum atomic E-state index is -3.16. The molecular weight excluding hydrogens is 182 g/mol. The summed E-state index contributed by atoms with van der Waals surface area (Å²) in [7, 11) is -1.36. The maximum absolute atomic E-state index is 9.77. The topological polar surface area (TPSA) is 52.5 Å². The molecule has 0 aliphatic rings. The summed E-state index contributed by atoms with van der Waals surface area (Å²) in [5.41, 5.74) is 0. The first-order chi connectivity index (χ1) is 6.17. The summed E-state index contributed by atoms with van der Waals surface area (Å²) in [4.78, 5) is 19.5. The van der Waals surface area contributed by atoms with Gasteiger partial charge < -0.3 is 14.9 Å². The van der Waals surface area contributed by atoms with Crippen LogP contribution >= 0.6 is 0 Å². The molecule has 0 spiro atoms. The molecule has 13 heavy (non-hydrogen) atoms. The van der Waals surface area contributed by atoms with Crippen LogP contribution in [-0.4, -0.2) is 31.7 Å². The predicted octanol–water partition coefficient (Wildman–Crippen LogP) is -0.460. The second-order valence-electron chi connectivity index (χ2n) is 3.04. The third-order valence-corrected chi connectivity index (χ3v) is 4.16. The van der Waals surface area contributed by atoms with Gasteiger partial charge in [-0.1, -0.05) is 30.3 Å². The van der Waals surface area contributed by atoms with Crippen LogP contribution in [0.15, 0.2) is 30.3 Å². The van der Waals surface area contributed by atoms with E-state index in [-0.39, 0.29) is 0 Å². The van der Waals surface area contributed by atoms with Gasteiger partial charge >= 0.3 is 8.56 Å². The second-order valence-corrected chi connectivity index (χ2v) is 5.75. The predicted molar refractivity (Wildman–Crippen MR) is 55.0 cm³/mol. The van der Waals surface area contributed by atoms with Crippen LogP contribution in [0.3, 0.4) is 0 Å². The molecule has 1 aromatic carbocycles. The maximum Gasteiger partial charge on any atom is 0.368 e. The maximum atomic E-state index is 9.77. The van der Waals surface area contributed by atoms with Crippen LogP contribution in [0.2, 0.25) is 6.04 Å². The van der Waals surface area contributed by atoms with Crippen molar-refractivity contribution in [3.63, 3.8) is 0 Å². The lowest BCUT2D eigenvalue weighted by molar-refractivity contribution is 0.378. The zero-order chi connectivity index (χ0) is 9.73. The number of hydrogen-bond acceptors (Lipinski definition) is 3. The normalized spacial score (nSPS) is 11.6. The molecule has 0 fully saturated rings. The Kier molecular flexibility index (Phi) is 3.62. The fourth-order valence-corrected chi connectivity index (χ4v) is 2.76. The van der Waals surface area contributed by atoms with E-state index in [1.165, 1.54) is 0 Å². The van der Waals surface area contributed by atoms with Crippen LogP contribution < -0.4 is 10.5 Å². The molecule has 0 aliphatic carbocycles. The summed E-state index contributed by atoms with van der Waals surface area (Å²) in [6.07, 6.45) is 0. The zero-order valence-corrected chi connectivity index (χ0v) is 8.70. The molecule has 0 atom stereocenters. The Morgan fingerprint density at radius 3 is 2.38 bits per heavy atom. The summed E-state index contributed by atoms with van der Waals surface area (Å²) in [6, 6.07) is 9.47. The highest BCUT2D eigenvalue weighted by Gasteiger charge is 2.30. The summed E-state index contributed by atoms with van der Waals surface area (Å²) in [5.74, 6) is 0. The van der Waals surface area contributed by atoms with Crippen molar-refractivity contribution in [2.45, 2.75) is 6.04 Å². The van der Waals surface area contributed by atoms with Crippen molar-refractivity contribution in [3.05, 3.63) is 30.3 Å². The summed E-state index contributed by atoms with van der Waals surface area (Å²) >= 11 is 0. The van der Waals surface area contributed by atoms with E-state index in [0.29, 0.717) is 17.8 Å². The van der Waals surface area contributed by atoms with Gasteiger partial charge in [0, 0.05) is 6.04 Å².